The van der Waals surface area contributed by atoms with E-state index in [1.807, 2.05) is 6.92 Å². The first kappa shape index (κ1) is 13.0. The van der Waals surface area contributed by atoms with Gasteiger partial charge in [-0.1, -0.05) is 11.6 Å². The topological polar surface area (TPSA) is 73.6 Å². The molecule has 0 bridgehead atoms. The fraction of sp³-hybridized carbons (Fsp3) is 0.214. The molecule has 2 aromatic rings. The van der Waals surface area contributed by atoms with Crippen molar-refractivity contribution in [2.45, 2.75) is 13.8 Å². The second-order valence-corrected chi connectivity index (χ2v) is 4.04. The van der Waals surface area contributed by atoms with Gasteiger partial charge in [0.1, 0.15) is 11.1 Å². The van der Waals surface area contributed by atoms with Gasteiger partial charge < -0.3 is 9.15 Å². The van der Waals surface area contributed by atoms with Gasteiger partial charge in [-0.2, -0.15) is 0 Å². The van der Waals surface area contributed by atoms with Crippen molar-refractivity contribution in [3.63, 3.8) is 0 Å². The third-order valence-electron chi connectivity index (χ3n) is 2.59. The predicted octanol–water partition coefficient (Wildman–Crippen LogP) is 1.85. The third-order valence-corrected chi connectivity index (χ3v) is 2.59. The fourth-order valence-electron chi connectivity index (χ4n) is 1.71. The van der Waals surface area contributed by atoms with E-state index in [1.165, 1.54) is 6.07 Å². The van der Waals surface area contributed by atoms with Crippen molar-refractivity contribution in [2.75, 3.05) is 6.61 Å². The molecule has 5 heteroatoms. The molecular weight excluding hydrogens is 248 g/mol. The van der Waals surface area contributed by atoms with E-state index in [9.17, 15) is 14.4 Å². The summed E-state index contributed by atoms with van der Waals surface area (Å²) in [6, 6.07) is 6.55. The molecule has 2 rings (SSSR count). The zero-order valence-electron chi connectivity index (χ0n) is 10.6. The van der Waals surface area contributed by atoms with Gasteiger partial charge >= 0.3 is 11.6 Å². The molecule has 0 saturated heterocycles. The van der Waals surface area contributed by atoms with Gasteiger partial charge in [-0.25, -0.2) is 9.59 Å². The van der Waals surface area contributed by atoms with E-state index < -0.39 is 17.4 Å². The zero-order valence-corrected chi connectivity index (χ0v) is 10.6. The van der Waals surface area contributed by atoms with Crippen LogP contribution in [0.15, 0.2) is 33.5 Å². The molecule has 1 aromatic carbocycles. The highest BCUT2D eigenvalue weighted by Crippen LogP contribution is 2.15. The van der Waals surface area contributed by atoms with Crippen LogP contribution < -0.4 is 5.63 Å². The summed E-state index contributed by atoms with van der Waals surface area (Å²) in [5.74, 6) is -2.04. The molecule has 19 heavy (non-hydrogen) atoms. The summed E-state index contributed by atoms with van der Waals surface area (Å²) < 4.78 is 9.59. The lowest BCUT2D eigenvalue weighted by atomic mass is 10.1. The van der Waals surface area contributed by atoms with Crippen molar-refractivity contribution >= 4 is 22.7 Å². The fourth-order valence-corrected chi connectivity index (χ4v) is 1.71. The van der Waals surface area contributed by atoms with E-state index in [0.29, 0.717) is 11.0 Å². The highest BCUT2D eigenvalue weighted by atomic mass is 16.5. The van der Waals surface area contributed by atoms with Crippen LogP contribution >= 0.6 is 0 Å². The van der Waals surface area contributed by atoms with Gasteiger partial charge in [0.15, 0.2) is 0 Å². The second-order valence-electron chi connectivity index (χ2n) is 4.04. The monoisotopic (exact) mass is 260 g/mol. The van der Waals surface area contributed by atoms with E-state index in [0.717, 1.165) is 5.56 Å². The zero-order chi connectivity index (χ0) is 14.0. The number of carbonyl (C=O) groups is 2. The Bertz CT molecular complexity index is 711. The van der Waals surface area contributed by atoms with Gasteiger partial charge in [-0.05, 0) is 32.0 Å². The number of benzene rings is 1. The van der Waals surface area contributed by atoms with Crippen LogP contribution in [-0.4, -0.2) is 18.4 Å². The maximum Gasteiger partial charge on any atom is 0.379 e. The van der Waals surface area contributed by atoms with Crippen LogP contribution in [0.3, 0.4) is 0 Å². The standard InChI is InChI=1S/C14H12O5/c1-3-18-14(17)12(15)10-7-9-6-8(2)4-5-11(9)19-13(10)16/h4-7H,3H2,1-2H3. The number of hydrogen-bond acceptors (Lipinski definition) is 5. The predicted molar refractivity (Wildman–Crippen MR) is 68.2 cm³/mol. The smallest absolute Gasteiger partial charge is 0.379 e. The number of hydrogen-bond donors (Lipinski definition) is 0. The van der Waals surface area contributed by atoms with Crippen LogP contribution in [-0.2, 0) is 9.53 Å². The molecule has 98 valence electrons. The first-order valence-corrected chi connectivity index (χ1v) is 5.79. The molecule has 0 aliphatic heterocycles. The van der Waals surface area contributed by atoms with Crippen LogP contribution in [0.1, 0.15) is 22.8 Å². The second kappa shape index (κ2) is 5.06. The van der Waals surface area contributed by atoms with E-state index in [1.54, 1.807) is 25.1 Å². The van der Waals surface area contributed by atoms with Crippen molar-refractivity contribution in [1.82, 2.24) is 0 Å². The summed E-state index contributed by atoms with van der Waals surface area (Å²) >= 11 is 0. The van der Waals surface area contributed by atoms with Gasteiger partial charge in [0.25, 0.3) is 5.78 Å². The molecule has 0 fully saturated rings. The molecule has 1 heterocycles. The van der Waals surface area contributed by atoms with Crippen LogP contribution in [0, 0.1) is 6.92 Å². The minimum Gasteiger partial charge on any atom is -0.460 e. The normalized spacial score (nSPS) is 10.4. The molecule has 0 radical (unpaired) electrons. The summed E-state index contributed by atoms with van der Waals surface area (Å²) in [5, 5.41) is 0.590. The Hall–Kier alpha value is -2.43. The van der Waals surface area contributed by atoms with Crippen LogP contribution in [0.25, 0.3) is 11.0 Å². The molecule has 0 aliphatic carbocycles. The minimum absolute atomic E-state index is 0.0720. The van der Waals surface area contributed by atoms with Crippen LogP contribution in [0.4, 0.5) is 0 Å². The molecule has 0 saturated carbocycles. The Morgan fingerprint density at radius 3 is 2.68 bits per heavy atom. The van der Waals surface area contributed by atoms with Gasteiger partial charge in [-0.3, -0.25) is 4.79 Å². The van der Waals surface area contributed by atoms with E-state index in [4.69, 9.17) is 4.42 Å². The van der Waals surface area contributed by atoms with E-state index >= 15 is 0 Å². The lowest BCUT2D eigenvalue weighted by Crippen LogP contribution is -2.23. The number of aryl methyl sites for hydroxylation is 1. The Labute approximate surface area is 108 Å². The number of ether oxygens (including phenoxy) is 1. The lowest BCUT2D eigenvalue weighted by Gasteiger charge is -2.02. The quantitative estimate of drug-likeness (QED) is 0.364. The van der Waals surface area contributed by atoms with Crippen molar-refractivity contribution in [3.8, 4) is 0 Å². The average Bonchev–Trinajstić information content (AvgIpc) is 2.38. The maximum atomic E-state index is 11.7. The first-order chi connectivity index (χ1) is 9.02. The Kier molecular flexibility index (Phi) is 3.46. The molecule has 0 N–H and O–H groups in total. The molecular formula is C14H12O5. The highest BCUT2D eigenvalue weighted by molar-refractivity contribution is 6.40. The van der Waals surface area contributed by atoms with Crippen molar-refractivity contribution < 1.29 is 18.7 Å². The van der Waals surface area contributed by atoms with E-state index in [-0.39, 0.29) is 12.2 Å². The largest absolute Gasteiger partial charge is 0.460 e. The Balaban J connectivity index is 2.55. The van der Waals surface area contributed by atoms with Gasteiger partial charge in [-0.15, -0.1) is 0 Å². The number of esters is 1. The summed E-state index contributed by atoms with van der Waals surface area (Å²) in [7, 11) is 0. The Morgan fingerprint density at radius 2 is 2.00 bits per heavy atom. The third kappa shape index (κ3) is 2.54. The molecule has 0 unspecified atom stereocenters. The lowest BCUT2D eigenvalue weighted by molar-refractivity contribution is -0.137. The first-order valence-electron chi connectivity index (χ1n) is 5.79. The van der Waals surface area contributed by atoms with Crippen LogP contribution in [0.5, 0.6) is 0 Å². The molecule has 5 nitrogen and oxygen atoms in total. The highest BCUT2D eigenvalue weighted by Gasteiger charge is 2.22. The minimum atomic E-state index is -1.05. The number of carbonyl (C=O) groups excluding carboxylic acids is 2. The summed E-state index contributed by atoms with van der Waals surface area (Å²) in [5.41, 5.74) is 0.179. The van der Waals surface area contributed by atoms with Gasteiger partial charge in [0.2, 0.25) is 0 Å². The average molecular weight is 260 g/mol. The summed E-state index contributed by atoms with van der Waals surface area (Å²) in [4.78, 5) is 34.8. The number of Topliss-reactive ketones (excluding diaryl/α,β-unsaturated/α-hetero) is 1. The molecule has 0 spiro atoms. The van der Waals surface area contributed by atoms with Crippen molar-refractivity contribution in [3.05, 3.63) is 45.8 Å². The number of ketones is 1. The number of fused-ring (bicyclic) bond motifs is 1. The van der Waals surface area contributed by atoms with E-state index in [2.05, 4.69) is 4.74 Å². The van der Waals surface area contributed by atoms with Gasteiger partial charge in [0.05, 0.1) is 6.61 Å². The SMILES string of the molecule is CCOC(=O)C(=O)c1cc2cc(C)ccc2oc1=O. The number of rotatable bonds is 3. The van der Waals surface area contributed by atoms with Crippen molar-refractivity contribution in [1.29, 1.82) is 0 Å². The summed E-state index contributed by atoms with van der Waals surface area (Å²) in [6.07, 6.45) is 0. The molecule has 0 amide bonds. The molecule has 0 aliphatic rings. The molecule has 1 aromatic heterocycles. The van der Waals surface area contributed by atoms with Crippen LogP contribution in [0.2, 0.25) is 0 Å². The van der Waals surface area contributed by atoms with Crippen molar-refractivity contribution in [2.24, 2.45) is 0 Å². The Morgan fingerprint density at radius 1 is 1.26 bits per heavy atom. The molecule has 0 atom stereocenters. The van der Waals surface area contributed by atoms with Gasteiger partial charge in [0, 0.05) is 5.39 Å². The maximum absolute atomic E-state index is 11.7. The summed E-state index contributed by atoms with van der Waals surface area (Å²) in [6.45, 7) is 3.53.